The molecule has 292 valence electrons. The molecule has 15 nitrogen and oxygen atoms in total. The number of ether oxygens (including phenoxy) is 3. The number of nitrogens with zero attached hydrogens (tertiary/aromatic N) is 5. The molecule has 4 amide bonds. The van der Waals surface area contributed by atoms with Crippen molar-refractivity contribution in [3.63, 3.8) is 0 Å². The van der Waals surface area contributed by atoms with Crippen LogP contribution in [0.25, 0.3) is 0 Å². The second-order valence-corrected chi connectivity index (χ2v) is 14.5. The van der Waals surface area contributed by atoms with Crippen molar-refractivity contribution in [1.29, 1.82) is 0 Å². The second-order valence-electron chi connectivity index (χ2n) is 14.5. The minimum atomic E-state index is -1.48. The van der Waals surface area contributed by atoms with Crippen molar-refractivity contribution in [3.05, 3.63) is 120 Å². The molecule has 4 saturated heterocycles. The number of hydrogen-bond acceptors (Lipinski definition) is 11. The lowest BCUT2D eigenvalue weighted by Gasteiger charge is -2.41. The standard InChI is InChI=1S/C42H40N6O9/c43-39(51)36-27(7-5-17-45-36)21-31(42(54)47-19-15-35-38(47)33(50)24-56-35)48(40(52)26-10-12-29(13-11-26)57-28-8-2-1-3-9-28)30(20-25-6-4-16-44-22-25)41(53)46-18-14-34-37(46)32(49)23-55-34/h1-13,16-17,22,30-31,34-35,37-38H,14-15,18-21,23-24H2,(H2,43,51). The van der Waals surface area contributed by atoms with Crippen molar-refractivity contribution in [2.45, 2.75) is 62.1 Å². The molecule has 4 fully saturated rings. The van der Waals surface area contributed by atoms with Crippen molar-refractivity contribution >= 4 is 35.2 Å². The number of nitrogens with two attached hydrogens (primary N) is 1. The van der Waals surface area contributed by atoms with Crippen LogP contribution in [0.4, 0.5) is 0 Å². The smallest absolute Gasteiger partial charge is 0.267 e. The van der Waals surface area contributed by atoms with Gasteiger partial charge >= 0.3 is 0 Å². The predicted molar refractivity (Wildman–Crippen MR) is 201 cm³/mol. The van der Waals surface area contributed by atoms with Gasteiger partial charge in [0.1, 0.15) is 54.6 Å². The number of likely N-dealkylation sites (tertiary alicyclic amines) is 2. The van der Waals surface area contributed by atoms with E-state index in [1.165, 1.54) is 20.9 Å². The zero-order valence-electron chi connectivity index (χ0n) is 30.8. The topological polar surface area (TPSA) is 192 Å². The Hall–Kier alpha value is -6.32. The molecule has 57 heavy (non-hydrogen) atoms. The number of fused-ring (bicyclic) bond motifs is 2. The van der Waals surface area contributed by atoms with Crippen molar-refractivity contribution in [2.24, 2.45) is 5.73 Å². The largest absolute Gasteiger partial charge is 0.457 e. The maximum absolute atomic E-state index is 15.4. The molecule has 8 rings (SSSR count). The average molecular weight is 773 g/mol. The lowest BCUT2D eigenvalue weighted by atomic mass is 9.95. The summed E-state index contributed by atoms with van der Waals surface area (Å²) in [7, 11) is 0. The van der Waals surface area contributed by atoms with Gasteiger partial charge in [0, 0.05) is 50.1 Å². The Labute approximate surface area is 327 Å². The summed E-state index contributed by atoms with van der Waals surface area (Å²) >= 11 is 0. The van der Waals surface area contributed by atoms with Gasteiger partial charge < -0.3 is 34.6 Å². The van der Waals surface area contributed by atoms with Crippen LogP contribution in [0.5, 0.6) is 11.5 Å². The van der Waals surface area contributed by atoms with Crippen LogP contribution in [0, 0.1) is 0 Å². The Morgan fingerprint density at radius 2 is 1.35 bits per heavy atom. The van der Waals surface area contributed by atoms with Gasteiger partial charge in [-0.2, -0.15) is 0 Å². The minimum Gasteiger partial charge on any atom is -0.457 e. The molecule has 2 aromatic heterocycles. The first-order valence-electron chi connectivity index (χ1n) is 18.9. The van der Waals surface area contributed by atoms with E-state index in [-0.39, 0.29) is 67.5 Å². The van der Waals surface area contributed by atoms with Gasteiger partial charge in [-0.3, -0.25) is 38.7 Å². The number of hydrogen-bond donors (Lipinski definition) is 1. The van der Waals surface area contributed by atoms with Gasteiger partial charge in [0.15, 0.2) is 11.6 Å². The first kappa shape index (κ1) is 37.6. The van der Waals surface area contributed by atoms with Gasteiger partial charge in [-0.1, -0.05) is 30.3 Å². The Morgan fingerprint density at radius 3 is 1.95 bits per heavy atom. The summed E-state index contributed by atoms with van der Waals surface area (Å²) in [6, 6.07) is 17.4. The number of ketones is 2. The second kappa shape index (κ2) is 16.0. The molecule has 15 heteroatoms. The van der Waals surface area contributed by atoms with Gasteiger partial charge in [0.25, 0.3) is 11.8 Å². The molecule has 0 spiro atoms. The molecule has 0 radical (unpaired) electrons. The Morgan fingerprint density at radius 1 is 0.754 bits per heavy atom. The van der Waals surface area contributed by atoms with E-state index in [4.69, 9.17) is 19.9 Å². The number of para-hydroxylation sites is 1. The molecule has 2 N–H and O–H groups in total. The normalized spacial score (nSPS) is 22.2. The fourth-order valence-electron chi connectivity index (χ4n) is 8.39. The van der Waals surface area contributed by atoms with Crippen LogP contribution in [0.15, 0.2) is 97.5 Å². The Bertz CT molecular complexity index is 2190. The lowest BCUT2D eigenvalue weighted by Crippen LogP contribution is -2.62. The van der Waals surface area contributed by atoms with Crippen molar-refractivity contribution in [2.75, 3.05) is 26.3 Å². The van der Waals surface area contributed by atoms with E-state index >= 15 is 14.4 Å². The first-order chi connectivity index (χ1) is 27.7. The van der Waals surface area contributed by atoms with E-state index < -0.39 is 60.0 Å². The molecule has 6 unspecified atom stereocenters. The van der Waals surface area contributed by atoms with Crippen LogP contribution < -0.4 is 10.5 Å². The number of pyridine rings is 2. The molecular weight excluding hydrogens is 732 g/mol. The summed E-state index contributed by atoms with van der Waals surface area (Å²) in [5, 5.41) is 0. The summed E-state index contributed by atoms with van der Waals surface area (Å²) in [6.45, 7) is 0.0421. The molecule has 4 aliphatic heterocycles. The number of aromatic nitrogens is 2. The maximum atomic E-state index is 15.4. The van der Waals surface area contributed by atoms with Crippen LogP contribution >= 0.6 is 0 Å². The number of rotatable bonds is 12. The van der Waals surface area contributed by atoms with Crippen LogP contribution in [0.2, 0.25) is 0 Å². The molecule has 4 aliphatic rings. The highest BCUT2D eigenvalue weighted by Gasteiger charge is 2.53. The van der Waals surface area contributed by atoms with E-state index in [2.05, 4.69) is 9.97 Å². The molecule has 0 bridgehead atoms. The number of primary amides is 1. The van der Waals surface area contributed by atoms with E-state index in [0.717, 1.165) is 0 Å². The van der Waals surface area contributed by atoms with E-state index in [1.54, 1.807) is 73.1 Å². The fourth-order valence-corrected chi connectivity index (χ4v) is 8.39. The zero-order valence-corrected chi connectivity index (χ0v) is 30.8. The van der Waals surface area contributed by atoms with Crippen molar-refractivity contribution in [1.82, 2.24) is 24.7 Å². The SMILES string of the molecule is NC(=O)c1ncccc1CC(C(=O)N1CCC2OCC(=O)C21)N(C(=O)c1ccc(Oc2ccccc2)cc1)C(Cc1cccnc1)C(=O)N1CCC2OCC(=O)C21. The lowest BCUT2D eigenvalue weighted by molar-refractivity contribution is -0.146. The van der Waals surface area contributed by atoms with Gasteiger partial charge in [0.05, 0.1) is 12.2 Å². The molecule has 4 aromatic rings. The monoisotopic (exact) mass is 772 g/mol. The third-order valence-electron chi connectivity index (χ3n) is 11.0. The van der Waals surface area contributed by atoms with Crippen molar-refractivity contribution < 1.29 is 43.0 Å². The highest BCUT2D eigenvalue weighted by atomic mass is 16.5. The van der Waals surface area contributed by atoms with E-state index in [9.17, 15) is 14.4 Å². The van der Waals surface area contributed by atoms with Gasteiger partial charge in [-0.05, 0) is 72.5 Å². The number of Topliss-reactive ketones (excluding diaryl/α,β-unsaturated/α-hetero) is 2. The molecule has 0 saturated carbocycles. The number of amides is 4. The van der Waals surface area contributed by atoms with Crippen LogP contribution in [0.3, 0.4) is 0 Å². The summed E-state index contributed by atoms with van der Waals surface area (Å²) in [6.07, 6.45) is 3.93. The van der Waals surface area contributed by atoms with Gasteiger partial charge in [-0.25, -0.2) is 0 Å². The highest BCUT2D eigenvalue weighted by molar-refractivity contribution is 6.03. The Balaban J connectivity index is 1.27. The summed E-state index contributed by atoms with van der Waals surface area (Å²) in [5.41, 5.74) is 6.61. The van der Waals surface area contributed by atoms with E-state index in [1.807, 2.05) is 18.2 Å². The Kier molecular flexibility index (Phi) is 10.6. The van der Waals surface area contributed by atoms with Gasteiger partial charge in [0.2, 0.25) is 11.8 Å². The fraction of sp³-hybridized carbons (Fsp3) is 0.333. The van der Waals surface area contributed by atoms with Crippen LogP contribution in [-0.4, -0.2) is 123 Å². The predicted octanol–water partition coefficient (Wildman–Crippen LogP) is 2.17. The third kappa shape index (κ3) is 7.50. The third-order valence-corrected chi connectivity index (χ3v) is 11.0. The van der Waals surface area contributed by atoms with Crippen LogP contribution in [-0.2, 0) is 41.5 Å². The zero-order chi connectivity index (χ0) is 39.6. The van der Waals surface area contributed by atoms with Gasteiger partial charge in [-0.15, -0.1) is 0 Å². The molecule has 6 atom stereocenters. The minimum absolute atomic E-state index is 0.0931. The maximum Gasteiger partial charge on any atom is 0.267 e. The summed E-state index contributed by atoms with van der Waals surface area (Å²) in [5.74, 6) is -2.25. The quantitative estimate of drug-likeness (QED) is 0.222. The van der Waals surface area contributed by atoms with Crippen LogP contribution in [0.1, 0.15) is 44.8 Å². The summed E-state index contributed by atoms with van der Waals surface area (Å²) < 4.78 is 17.4. The molecule has 6 heterocycles. The number of carbonyl (C=O) groups excluding carboxylic acids is 6. The molecule has 0 aliphatic carbocycles. The van der Waals surface area contributed by atoms with Crippen molar-refractivity contribution in [3.8, 4) is 11.5 Å². The number of benzene rings is 2. The summed E-state index contributed by atoms with van der Waals surface area (Å²) in [4.78, 5) is 97.4. The van der Waals surface area contributed by atoms with E-state index in [0.29, 0.717) is 29.9 Å². The number of carbonyl (C=O) groups is 6. The average Bonchev–Trinajstić information content (AvgIpc) is 4.02. The highest BCUT2D eigenvalue weighted by Crippen LogP contribution is 2.33. The molecular formula is C42H40N6O9. The first-order valence-corrected chi connectivity index (χ1v) is 18.9. The molecule has 2 aromatic carbocycles.